The van der Waals surface area contributed by atoms with Crippen LogP contribution in [0.4, 0.5) is 0 Å². The summed E-state index contributed by atoms with van der Waals surface area (Å²) < 4.78 is 0. The van der Waals surface area contributed by atoms with Crippen molar-refractivity contribution in [3.8, 4) is 0 Å². The molecule has 0 fully saturated rings. The average molecular weight is 174 g/mol. The van der Waals surface area contributed by atoms with Gasteiger partial charge in [0.2, 0.25) is 0 Å². The van der Waals surface area contributed by atoms with Gasteiger partial charge >= 0.3 is 0 Å². The zero-order valence-corrected chi connectivity index (χ0v) is 8.59. The van der Waals surface area contributed by atoms with Gasteiger partial charge < -0.3 is 0 Å². The highest BCUT2D eigenvalue weighted by Crippen LogP contribution is 2.12. The molecule has 0 aromatic carbocycles. The van der Waals surface area contributed by atoms with Crippen LogP contribution in [0.3, 0.4) is 0 Å². The molecule has 0 atom stereocenters. The van der Waals surface area contributed by atoms with Gasteiger partial charge in [0.05, 0.1) is 0 Å². The van der Waals surface area contributed by atoms with E-state index in [1.165, 1.54) is 5.57 Å². The Morgan fingerprint density at radius 3 is 2.31 bits per heavy atom. The maximum absolute atomic E-state index is 3.77. The Balaban J connectivity index is 4.75. The van der Waals surface area contributed by atoms with Gasteiger partial charge in [0.1, 0.15) is 0 Å². The van der Waals surface area contributed by atoms with Crippen molar-refractivity contribution in [1.29, 1.82) is 0 Å². The molecule has 0 aromatic heterocycles. The van der Waals surface area contributed by atoms with Crippen LogP contribution in [-0.2, 0) is 0 Å². The quantitative estimate of drug-likeness (QED) is 0.548. The van der Waals surface area contributed by atoms with Crippen molar-refractivity contribution in [2.45, 2.75) is 20.3 Å². The number of hydrogen-bond acceptors (Lipinski definition) is 0. The van der Waals surface area contributed by atoms with Crippen molar-refractivity contribution in [1.82, 2.24) is 0 Å². The molecular formula is C13H18. The molecule has 0 N–H and O–H groups in total. The van der Waals surface area contributed by atoms with Crippen molar-refractivity contribution < 1.29 is 0 Å². The normalized spacial score (nSPS) is 13.4. The SMILES string of the molecule is C=C/C=C(/C=C)C(=CC)/C=C\CC. The molecule has 0 aliphatic carbocycles. The third-order valence-electron chi connectivity index (χ3n) is 1.69. The molecule has 0 heteroatoms. The Hall–Kier alpha value is -1.30. The summed E-state index contributed by atoms with van der Waals surface area (Å²) in [7, 11) is 0. The van der Waals surface area contributed by atoms with E-state index in [1.807, 2.05) is 19.1 Å². The van der Waals surface area contributed by atoms with Crippen LogP contribution in [0.1, 0.15) is 20.3 Å². The van der Waals surface area contributed by atoms with Crippen LogP contribution >= 0.6 is 0 Å². The van der Waals surface area contributed by atoms with E-state index in [1.54, 1.807) is 6.08 Å². The van der Waals surface area contributed by atoms with E-state index in [9.17, 15) is 0 Å². The first-order chi connectivity index (χ1) is 6.29. The van der Waals surface area contributed by atoms with Crippen molar-refractivity contribution >= 4 is 0 Å². The predicted octanol–water partition coefficient (Wildman–Crippen LogP) is 4.20. The first-order valence-electron chi connectivity index (χ1n) is 4.58. The third-order valence-corrected chi connectivity index (χ3v) is 1.69. The van der Waals surface area contributed by atoms with Crippen LogP contribution in [-0.4, -0.2) is 0 Å². The van der Waals surface area contributed by atoms with Gasteiger partial charge in [-0.05, 0) is 24.5 Å². The van der Waals surface area contributed by atoms with Crippen LogP contribution in [0.25, 0.3) is 0 Å². The molecular weight excluding hydrogens is 156 g/mol. The van der Waals surface area contributed by atoms with Crippen LogP contribution in [0.2, 0.25) is 0 Å². The van der Waals surface area contributed by atoms with Crippen LogP contribution in [0.5, 0.6) is 0 Å². The second-order valence-corrected chi connectivity index (χ2v) is 2.62. The van der Waals surface area contributed by atoms with Gasteiger partial charge in [-0.15, -0.1) is 0 Å². The lowest BCUT2D eigenvalue weighted by molar-refractivity contribution is 1.22. The fourth-order valence-electron chi connectivity index (χ4n) is 1.01. The van der Waals surface area contributed by atoms with E-state index in [0.717, 1.165) is 12.0 Å². The molecule has 0 aliphatic rings. The molecule has 0 nitrogen and oxygen atoms in total. The summed E-state index contributed by atoms with van der Waals surface area (Å²) in [4.78, 5) is 0. The van der Waals surface area contributed by atoms with E-state index < -0.39 is 0 Å². The lowest BCUT2D eigenvalue weighted by atomic mass is 10.0. The van der Waals surface area contributed by atoms with E-state index in [2.05, 4.69) is 38.3 Å². The van der Waals surface area contributed by atoms with Crippen molar-refractivity contribution in [2.75, 3.05) is 0 Å². The molecule has 0 saturated carbocycles. The average Bonchev–Trinajstić information content (AvgIpc) is 2.17. The van der Waals surface area contributed by atoms with Crippen LogP contribution in [0.15, 0.2) is 60.8 Å². The standard InChI is InChI=1S/C13H18/c1-5-9-11-13(8-4)12(7-3)10-6-2/h6-11H,2-3,5H2,1,4H3/b11-9-,12-10-,13-8?. The molecule has 0 aliphatic heterocycles. The summed E-state index contributed by atoms with van der Waals surface area (Å²) in [5.74, 6) is 0. The van der Waals surface area contributed by atoms with Gasteiger partial charge in [-0.2, -0.15) is 0 Å². The minimum atomic E-state index is 1.05. The summed E-state index contributed by atoms with van der Waals surface area (Å²) in [6, 6.07) is 0. The summed E-state index contributed by atoms with van der Waals surface area (Å²) >= 11 is 0. The smallest absolute Gasteiger partial charge is 0.0194 e. The largest absolute Gasteiger partial charge is 0.0990 e. The first-order valence-corrected chi connectivity index (χ1v) is 4.58. The second kappa shape index (κ2) is 7.35. The van der Waals surface area contributed by atoms with Gasteiger partial charge in [-0.25, -0.2) is 0 Å². The topological polar surface area (TPSA) is 0 Å². The summed E-state index contributed by atoms with van der Waals surface area (Å²) in [6.07, 6.45) is 12.9. The van der Waals surface area contributed by atoms with Crippen LogP contribution in [0, 0.1) is 0 Å². The fourth-order valence-corrected chi connectivity index (χ4v) is 1.01. The van der Waals surface area contributed by atoms with E-state index >= 15 is 0 Å². The lowest BCUT2D eigenvalue weighted by Crippen LogP contribution is -1.81. The maximum atomic E-state index is 3.77. The zero-order chi connectivity index (χ0) is 10.1. The number of rotatable bonds is 5. The third kappa shape index (κ3) is 4.32. The number of hydrogen-bond donors (Lipinski definition) is 0. The summed E-state index contributed by atoms with van der Waals surface area (Å²) in [5.41, 5.74) is 2.30. The zero-order valence-electron chi connectivity index (χ0n) is 8.59. The second-order valence-electron chi connectivity index (χ2n) is 2.62. The monoisotopic (exact) mass is 174 g/mol. The Kier molecular flexibility index (Phi) is 6.62. The molecule has 0 saturated heterocycles. The van der Waals surface area contributed by atoms with Crippen molar-refractivity contribution in [3.63, 3.8) is 0 Å². The molecule has 0 radical (unpaired) electrons. The van der Waals surface area contributed by atoms with Gasteiger partial charge in [0.25, 0.3) is 0 Å². The highest BCUT2D eigenvalue weighted by atomic mass is 14.0. The Morgan fingerprint density at radius 1 is 1.23 bits per heavy atom. The summed E-state index contributed by atoms with van der Waals surface area (Å²) in [6.45, 7) is 11.6. The van der Waals surface area contributed by atoms with E-state index in [-0.39, 0.29) is 0 Å². The number of allylic oxidation sites excluding steroid dienone is 8. The first kappa shape index (κ1) is 11.7. The fraction of sp³-hybridized carbons (Fsp3) is 0.231. The molecule has 0 aromatic rings. The molecule has 0 rings (SSSR count). The maximum Gasteiger partial charge on any atom is -0.0194 e. The highest BCUT2D eigenvalue weighted by molar-refractivity contribution is 5.46. The van der Waals surface area contributed by atoms with Crippen molar-refractivity contribution in [2.24, 2.45) is 0 Å². The molecule has 70 valence electrons. The van der Waals surface area contributed by atoms with Gasteiger partial charge in [0, 0.05) is 0 Å². The molecule has 0 heterocycles. The van der Waals surface area contributed by atoms with Gasteiger partial charge in [-0.1, -0.05) is 56.5 Å². The molecule has 13 heavy (non-hydrogen) atoms. The van der Waals surface area contributed by atoms with E-state index in [4.69, 9.17) is 0 Å². The molecule has 0 unspecified atom stereocenters. The molecule has 0 spiro atoms. The Bertz CT molecular complexity index is 249. The van der Waals surface area contributed by atoms with Crippen LogP contribution < -0.4 is 0 Å². The highest BCUT2D eigenvalue weighted by Gasteiger charge is 1.93. The molecule has 0 amide bonds. The Morgan fingerprint density at radius 2 is 1.92 bits per heavy atom. The minimum Gasteiger partial charge on any atom is -0.0990 e. The minimum absolute atomic E-state index is 1.05. The predicted molar refractivity (Wildman–Crippen MR) is 61.7 cm³/mol. The Labute approximate surface area is 81.7 Å². The van der Waals surface area contributed by atoms with Crippen molar-refractivity contribution in [3.05, 3.63) is 60.8 Å². The lowest BCUT2D eigenvalue weighted by Gasteiger charge is -2.00. The molecule has 0 bridgehead atoms. The van der Waals surface area contributed by atoms with E-state index in [0.29, 0.717) is 0 Å². The van der Waals surface area contributed by atoms with Gasteiger partial charge in [-0.3, -0.25) is 0 Å². The summed E-state index contributed by atoms with van der Waals surface area (Å²) in [5, 5.41) is 0. The van der Waals surface area contributed by atoms with Gasteiger partial charge in [0.15, 0.2) is 0 Å².